The highest BCUT2D eigenvalue weighted by Gasteiger charge is 2.14. The van der Waals surface area contributed by atoms with Crippen LogP contribution in [0.3, 0.4) is 0 Å². The van der Waals surface area contributed by atoms with Crippen molar-refractivity contribution in [2.75, 3.05) is 0 Å². The van der Waals surface area contributed by atoms with Crippen LogP contribution in [-0.2, 0) is 10.0 Å². The topological polar surface area (TPSA) is 127 Å². The molecule has 8 nitrogen and oxygen atoms in total. The van der Waals surface area contributed by atoms with Crippen molar-refractivity contribution in [3.05, 3.63) is 64.8 Å². The van der Waals surface area contributed by atoms with E-state index < -0.39 is 10.0 Å². The average Bonchev–Trinajstić information content (AvgIpc) is 3.03. The van der Waals surface area contributed by atoms with Gasteiger partial charge in [-0.1, -0.05) is 28.9 Å². The number of benzene rings is 2. The third-order valence-corrected chi connectivity index (χ3v) is 4.55. The molecule has 0 amide bonds. The molecule has 130 valence electrons. The van der Waals surface area contributed by atoms with Gasteiger partial charge in [-0.05, 0) is 42.0 Å². The molecule has 0 aliphatic carbocycles. The molecule has 0 aliphatic heterocycles. The lowest BCUT2D eigenvalue weighted by molar-refractivity contribution is 0.598. The molecule has 10 heteroatoms. The van der Waals surface area contributed by atoms with Crippen LogP contribution in [-0.4, -0.2) is 29.6 Å². The second-order valence-corrected chi connectivity index (χ2v) is 7.13. The summed E-state index contributed by atoms with van der Waals surface area (Å²) in [5.74, 6) is 0.214. The predicted octanol–water partition coefficient (Wildman–Crippen LogP) is 2.19. The van der Waals surface area contributed by atoms with Crippen LogP contribution >= 0.6 is 11.6 Å². The minimum Gasteiger partial charge on any atom is -0.234 e. The first-order valence-corrected chi connectivity index (χ1v) is 9.09. The lowest BCUT2D eigenvalue weighted by Crippen LogP contribution is -2.12. The first-order chi connectivity index (χ1) is 12.4. The van der Waals surface area contributed by atoms with E-state index in [-0.39, 0.29) is 16.4 Å². The maximum atomic E-state index is 11.3. The summed E-state index contributed by atoms with van der Waals surface area (Å²) in [7, 11) is -3.80. The monoisotopic (exact) mass is 386 g/mol. The Morgan fingerprint density at radius 3 is 2.38 bits per heavy atom. The Morgan fingerprint density at radius 1 is 1.15 bits per heavy atom. The first-order valence-electron chi connectivity index (χ1n) is 7.17. The highest BCUT2D eigenvalue weighted by molar-refractivity contribution is 7.89. The van der Waals surface area contributed by atoms with Gasteiger partial charge in [0.25, 0.3) is 0 Å². The number of aliphatic imine (C=N–C) groups is 1. The van der Waals surface area contributed by atoms with Crippen molar-refractivity contribution < 1.29 is 8.42 Å². The summed E-state index contributed by atoms with van der Waals surface area (Å²) in [4.78, 5) is 4.25. The Hall–Kier alpha value is -3.06. The number of nitrogens with two attached hydrogens (primary N) is 1. The fourth-order valence-electron chi connectivity index (χ4n) is 2.10. The van der Waals surface area contributed by atoms with Crippen LogP contribution in [0.25, 0.3) is 5.69 Å². The number of primary sulfonamides is 1. The SMILES string of the molecule is N#Cc1nnn(-c2ccc(S(N)(=O)=O)cc2)c1/N=C/c1ccc(Cl)cc1. The van der Waals surface area contributed by atoms with E-state index in [9.17, 15) is 13.7 Å². The van der Waals surface area contributed by atoms with Crippen LogP contribution in [0.1, 0.15) is 11.3 Å². The number of halogens is 1. The van der Waals surface area contributed by atoms with Gasteiger partial charge >= 0.3 is 0 Å². The summed E-state index contributed by atoms with van der Waals surface area (Å²) in [6, 6.07) is 14.6. The van der Waals surface area contributed by atoms with E-state index >= 15 is 0 Å². The van der Waals surface area contributed by atoms with E-state index in [2.05, 4.69) is 15.3 Å². The van der Waals surface area contributed by atoms with E-state index in [4.69, 9.17) is 16.7 Å². The Balaban J connectivity index is 2.00. The molecule has 0 radical (unpaired) electrons. The fraction of sp³-hybridized carbons (Fsp3) is 0. The van der Waals surface area contributed by atoms with E-state index in [1.54, 1.807) is 30.5 Å². The van der Waals surface area contributed by atoms with E-state index in [1.165, 1.54) is 28.9 Å². The van der Waals surface area contributed by atoms with Gasteiger partial charge in [-0.3, -0.25) is 0 Å². The van der Waals surface area contributed by atoms with Crippen molar-refractivity contribution in [3.63, 3.8) is 0 Å². The van der Waals surface area contributed by atoms with Gasteiger partial charge in [0.2, 0.25) is 15.7 Å². The Morgan fingerprint density at radius 2 is 1.81 bits per heavy atom. The van der Waals surface area contributed by atoms with Gasteiger partial charge in [0, 0.05) is 11.2 Å². The van der Waals surface area contributed by atoms with Crippen molar-refractivity contribution in [3.8, 4) is 11.8 Å². The molecule has 3 rings (SSSR count). The molecular formula is C16H11ClN6O2S. The molecule has 2 N–H and O–H groups in total. The maximum absolute atomic E-state index is 11.3. The van der Waals surface area contributed by atoms with Crippen molar-refractivity contribution >= 4 is 33.7 Å². The van der Waals surface area contributed by atoms with Gasteiger partial charge in [-0.2, -0.15) is 9.94 Å². The minimum absolute atomic E-state index is 0.0331. The molecule has 1 aromatic heterocycles. The van der Waals surface area contributed by atoms with E-state index in [1.807, 2.05) is 6.07 Å². The molecule has 0 aliphatic rings. The smallest absolute Gasteiger partial charge is 0.234 e. The average molecular weight is 387 g/mol. The summed E-state index contributed by atoms with van der Waals surface area (Å²) in [6.45, 7) is 0. The van der Waals surface area contributed by atoms with Gasteiger partial charge in [0.1, 0.15) is 6.07 Å². The van der Waals surface area contributed by atoms with Gasteiger partial charge in [-0.15, -0.1) is 5.10 Å². The molecule has 3 aromatic rings. The van der Waals surface area contributed by atoms with Gasteiger partial charge in [-0.25, -0.2) is 18.5 Å². The first kappa shape index (κ1) is 17.8. The maximum Gasteiger partial charge on any atom is 0.238 e. The molecule has 0 fully saturated rings. The van der Waals surface area contributed by atoms with Crippen molar-refractivity contribution in [1.82, 2.24) is 15.0 Å². The normalized spacial score (nSPS) is 11.6. The summed E-state index contributed by atoms with van der Waals surface area (Å²) in [5.41, 5.74) is 1.29. The predicted molar refractivity (Wildman–Crippen MR) is 96.2 cm³/mol. The largest absolute Gasteiger partial charge is 0.238 e. The third-order valence-electron chi connectivity index (χ3n) is 3.37. The van der Waals surface area contributed by atoms with E-state index in [0.717, 1.165) is 5.56 Å². The lowest BCUT2D eigenvalue weighted by Gasteiger charge is -2.04. The van der Waals surface area contributed by atoms with E-state index in [0.29, 0.717) is 10.7 Å². The number of hydrogen-bond donors (Lipinski definition) is 1. The Kier molecular flexibility index (Phi) is 4.81. The molecule has 0 unspecified atom stereocenters. The quantitative estimate of drug-likeness (QED) is 0.687. The molecule has 1 heterocycles. The molecule has 2 aromatic carbocycles. The van der Waals surface area contributed by atoms with Crippen LogP contribution in [0.2, 0.25) is 5.02 Å². The second-order valence-electron chi connectivity index (χ2n) is 5.13. The summed E-state index contributed by atoms with van der Waals surface area (Å²) in [6.07, 6.45) is 1.55. The van der Waals surface area contributed by atoms with Crippen molar-refractivity contribution in [1.29, 1.82) is 5.26 Å². The number of nitriles is 1. The number of hydrogen-bond acceptors (Lipinski definition) is 6. The summed E-state index contributed by atoms with van der Waals surface area (Å²) in [5, 5.41) is 22.6. The van der Waals surface area contributed by atoms with Crippen LogP contribution in [0.15, 0.2) is 58.4 Å². The molecule has 26 heavy (non-hydrogen) atoms. The molecule has 0 saturated heterocycles. The van der Waals surface area contributed by atoms with Gasteiger partial charge in [0.05, 0.1) is 10.6 Å². The molecule has 0 saturated carbocycles. The Labute approximate surface area is 154 Å². The highest BCUT2D eigenvalue weighted by atomic mass is 35.5. The summed E-state index contributed by atoms with van der Waals surface area (Å²) < 4.78 is 24.0. The number of rotatable bonds is 4. The molecular weight excluding hydrogens is 376 g/mol. The van der Waals surface area contributed by atoms with Crippen molar-refractivity contribution in [2.24, 2.45) is 10.1 Å². The summed E-state index contributed by atoms with van der Waals surface area (Å²) >= 11 is 5.85. The number of aromatic nitrogens is 3. The highest BCUT2D eigenvalue weighted by Crippen LogP contribution is 2.22. The van der Waals surface area contributed by atoms with Crippen LogP contribution in [0, 0.1) is 11.3 Å². The standard InChI is InChI=1S/C16H11ClN6O2S/c17-12-3-1-11(2-4-12)10-20-16-15(9-18)21-22-23(16)13-5-7-14(8-6-13)26(19,24)25/h1-8,10H,(H2,19,24,25)/b20-10+. The molecule has 0 atom stereocenters. The molecule has 0 bridgehead atoms. The zero-order valence-electron chi connectivity index (χ0n) is 13.1. The Bertz CT molecular complexity index is 1110. The van der Waals surface area contributed by atoms with Gasteiger partial charge in [0.15, 0.2) is 5.82 Å². The zero-order valence-corrected chi connectivity index (χ0v) is 14.7. The van der Waals surface area contributed by atoms with Crippen LogP contribution in [0.4, 0.5) is 5.82 Å². The van der Waals surface area contributed by atoms with Gasteiger partial charge < -0.3 is 0 Å². The number of nitrogens with zero attached hydrogens (tertiary/aromatic N) is 5. The zero-order chi connectivity index (χ0) is 18.7. The second kappa shape index (κ2) is 7.05. The lowest BCUT2D eigenvalue weighted by atomic mass is 10.2. The fourth-order valence-corrected chi connectivity index (χ4v) is 2.74. The van der Waals surface area contributed by atoms with Crippen LogP contribution in [0.5, 0.6) is 0 Å². The third kappa shape index (κ3) is 3.78. The molecule has 0 spiro atoms. The van der Waals surface area contributed by atoms with Crippen molar-refractivity contribution in [2.45, 2.75) is 4.90 Å². The van der Waals surface area contributed by atoms with Crippen LogP contribution < -0.4 is 5.14 Å². The number of sulfonamides is 1. The minimum atomic E-state index is -3.80.